The molecule has 0 saturated heterocycles. The predicted molar refractivity (Wildman–Crippen MR) is 76.1 cm³/mol. The van der Waals surface area contributed by atoms with Crippen molar-refractivity contribution in [3.05, 3.63) is 29.3 Å². The summed E-state index contributed by atoms with van der Waals surface area (Å²) in [5.74, 6) is -1.91. The molecule has 0 fully saturated rings. The number of carbonyl (C=O) groups is 1. The Morgan fingerprint density at radius 2 is 2.14 bits per heavy atom. The number of fused-ring (bicyclic) bond motifs is 1. The fraction of sp³-hybridized carbons (Fsp3) is 0.357. The lowest BCUT2D eigenvalue weighted by molar-refractivity contribution is -0.204. The maximum absolute atomic E-state index is 13.2. The van der Waals surface area contributed by atoms with Gasteiger partial charge >= 0.3 is 17.2 Å². The largest absolute Gasteiger partial charge is 0.478 e. The van der Waals surface area contributed by atoms with Crippen molar-refractivity contribution < 1.29 is 27.8 Å². The van der Waals surface area contributed by atoms with Crippen molar-refractivity contribution in [2.75, 3.05) is 11.9 Å². The summed E-state index contributed by atoms with van der Waals surface area (Å²) < 4.78 is 44.3. The number of carboxylic acids is 1. The predicted octanol–water partition coefficient (Wildman–Crippen LogP) is 3.87. The number of alkyl halides is 4. The third-order valence-corrected chi connectivity index (χ3v) is 3.58. The third-order valence-electron chi connectivity index (χ3n) is 3.08. The van der Waals surface area contributed by atoms with Crippen LogP contribution in [-0.2, 0) is 4.79 Å². The molecular formula is C14H13ClF3NO3. The summed E-state index contributed by atoms with van der Waals surface area (Å²) >= 11 is 5.48. The van der Waals surface area contributed by atoms with Crippen LogP contribution in [0.1, 0.15) is 18.9 Å². The molecule has 22 heavy (non-hydrogen) atoms. The van der Waals surface area contributed by atoms with Crippen molar-refractivity contribution in [3.8, 4) is 5.75 Å². The van der Waals surface area contributed by atoms with Crippen LogP contribution in [-0.4, -0.2) is 28.9 Å². The lowest BCUT2D eigenvalue weighted by atomic mass is 10.0. The van der Waals surface area contributed by atoms with Gasteiger partial charge < -0.3 is 15.2 Å². The van der Waals surface area contributed by atoms with Crippen LogP contribution in [0.4, 0.5) is 18.9 Å². The Morgan fingerprint density at radius 1 is 1.45 bits per heavy atom. The average molecular weight is 336 g/mol. The van der Waals surface area contributed by atoms with Gasteiger partial charge in [-0.25, -0.2) is 4.79 Å². The van der Waals surface area contributed by atoms with Gasteiger partial charge in [0.25, 0.3) is 0 Å². The lowest BCUT2D eigenvalue weighted by Crippen LogP contribution is -2.50. The molecule has 120 valence electrons. The summed E-state index contributed by atoms with van der Waals surface area (Å²) in [6, 6.07) is 4.47. The van der Waals surface area contributed by atoms with E-state index < -0.39 is 22.8 Å². The molecule has 2 N–H and O–H groups in total. The highest BCUT2D eigenvalue weighted by atomic mass is 35.5. The Balaban J connectivity index is 2.49. The number of ether oxygens (including phenoxy) is 1. The van der Waals surface area contributed by atoms with Crippen molar-refractivity contribution in [1.82, 2.24) is 0 Å². The molecule has 1 aromatic rings. The summed E-state index contributed by atoms with van der Waals surface area (Å²) in [6.07, 6.45) is -3.36. The molecule has 2 rings (SSSR count). The standard InChI is InChI=1S/C14H13ClF3NO3/c1-2-5-19-9-4-3-8-6-10(12(20)21)13(15,14(16,17)18)22-11(8)7-9/h3-4,6-7,19H,2,5H2,1H3,(H,20,21). The number of anilines is 1. The monoisotopic (exact) mass is 335 g/mol. The second-order valence-electron chi connectivity index (χ2n) is 4.74. The van der Waals surface area contributed by atoms with E-state index in [9.17, 15) is 18.0 Å². The second-order valence-corrected chi connectivity index (χ2v) is 5.27. The number of benzene rings is 1. The van der Waals surface area contributed by atoms with Crippen LogP contribution in [0.3, 0.4) is 0 Å². The fourth-order valence-corrected chi connectivity index (χ4v) is 2.20. The van der Waals surface area contributed by atoms with Crippen LogP contribution < -0.4 is 10.1 Å². The van der Waals surface area contributed by atoms with Gasteiger partial charge in [-0.2, -0.15) is 13.2 Å². The summed E-state index contributed by atoms with van der Waals surface area (Å²) in [5.41, 5.74) is -0.280. The van der Waals surface area contributed by atoms with Gasteiger partial charge in [-0.15, -0.1) is 0 Å². The quantitative estimate of drug-likeness (QED) is 0.820. The second kappa shape index (κ2) is 5.72. The SMILES string of the molecule is CCCNc1ccc2c(c1)OC(Cl)(C(F)(F)F)C(C(=O)O)=C2. The molecule has 8 heteroatoms. The third kappa shape index (κ3) is 2.85. The Bertz CT molecular complexity index is 630. The van der Waals surface area contributed by atoms with Crippen LogP contribution in [0.15, 0.2) is 23.8 Å². The first-order valence-corrected chi connectivity index (χ1v) is 6.85. The molecule has 0 bridgehead atoms. The van der Waals surface area contributed by atoms with Gasteiger partial charge in [-0.3, -0.25) is 0 Å². The lowest BCUT2D eigenvalue weighted by Gasteiger charge is -2.34. The van der Waals surface area contributed by atoms with Gasteiger partial charge in [-0.1, -0.05) is 18.5 Å². The Labute approximate surface area is 129 Å². The molecule has 0 saturated carbocycles. The van der Waals surface area contributed by atoms with Crippen molar-refractivity contribution >= 4 is 29.3 Å². The minimum Gasteiger partial charge on any atom is -0.478 e. The zero-order chi connectivity index (χ0) is 16.5. The van der Waals surface area contributed by atoms with E-state index in [4.69, 9.17) is 21.4 Å². The van der Waals surface area contributed by atoms with Gasteiger partial charge in [0.15, 0.2) is 0 Å². The van der Waals surface area contributed by atoms with E-state index in [-0.39, 0.29) is 11.3 Å². The maximum atomic E-state index is 13.2. The summed E-state index contributed by atoms with van der Waals surface area (Å²) in [4.78, 5) is 11.1. The first kappa shape index (κ1) is 16.5. The fourth-order valence-electron chi connectivity index (χ4n) is 1.99. The molecule has 4 nitrogen and oxygen atoms in total. The normalized spacial score (nSPS) is 20.7. The van der Waals surface area contributed by atoms with Crippen LogP contribution in [0.25, 0.3) is 6.08 Å². The van der Waals surface area contributed by atoms with Crippen molar-refractivity contribution in [3.63, 3.8) is 0 Å². The van der Waals surface area contributed by atoms with E-state index in [0.29, 0.717) is 12.2 Å². The van der Waals surface area contributed by atoms with Crippen molar-refractivity contribution in [2.45, 2.75) is 24.6 Å². The highest BCUT2D eigenvalue weighted by molar-refractivity contribution is 6.29. The van der Waals surface area contributed by atoms with E-state index in [2.05, 4.69) is 5.32 Å². The van der Waals surface area contributed by atoms with Gasteiger partial charge in [0.2, 0.25) is 0 Å². The van der Waals surface area contributed by atoms with Gasteiger partial charge in [0.05, 0.1) is 0 Å². The first-order chi connectivity index (χ1) is 10.2. The highest BCUT2D eigenvalue weighted by Gasteiger charge is 2.62. The topological polar surface area (TPSA) is 58.6 Å². The van der Waals surface area contributed by atoms with Crippen LogP contribution >= 0.6 is 11.6 Å². The van der Waals surface area contributed by atoms with Gasteiger partial charge in [0.1, 0.15) is 11.3 Å². The molecule has 1 aromatic carbocycles. The van der Waals surface area contributed by atoms with E-state index in [1.807, 2.05) is 6.92 Å². The van der Waals surface area contributed by atoms with Gasteiger partial charge in [0, 0.05) is 23.9 Å². The zero-order valence-corrected chi connectivity index (χ0v) is 12.3. The highest BCUT2D eigenvalue weighted by Crippen LogP contribution is 2.48. The molecule has 0 spiro atoms. The Kier molecular flexibility index (Phi) is 4.28. The summed E-state index contributed by atoms with van der Waals surface area (Å²) in [5, 5.41) is 8.58. The Morgan fingerprint density at radius 3 is 2.68 bits per heavy atom. The number of hydrogen-bond donors (Lipinski definition) is 2. The number of carboxylic acid groups (broad SMARTS) is 1. The number of nitrogens with one attached hydrogen (secondary N) is 1. The number of hydrogen-bond acceptors (Lipinski definition) is 3. The zero-order valence-electron chi connectivity index (χ0n) is 11.5. The van der Waals surface area contributed by atoms with E-state index in [1.54, 1.807) is 6.07 Å². The molecule has 1 unspecified atom stereocenters. The van der Waals surface area contributed by atoms with Gasteiger partial charge in [-0.05, 0) is 24.6 Å². The molecule has 0 aliphatic carbocycles. The number of aliphatic carboxylic acids is 1. The van der Waals surface area contributed by atoms with Crippen LogP contribution in [0.2, 0.25) is 0 Å². The molecule has 1 heterocycles. The maximum Gasteiger partial charge on any atom is 0.448 e. The van der Waals surface area contributed by atoms with E-state index >= 15 is 0 Å². The van der Waals surface area contributed by atoms with E-state index in [1.165, 1.54) is 12.1 Å². The van der Waals surface area contributed by atoms with Crippen LogP contribution in [0.5, 0.6) is 5.75 Å². The molecule has 0 radical (unpaired) electrons. The minimum atomic E-state index is -5.08. The first-order valence-electron chi connectivity index (χ1n) is 6.47. The molecule has 1 aliphatic heterocycles. The molecule has 1 aliphatic rings. The van der Waals surface area contributed by atoms with Crippen molar-refractivity contribution in [1.29, 1.82) is 0 Å². The Hall–Kier alpha value is -1.89. The molecule has 0 amide bonds. The molecule has 1 atom stereocenters. The summed E-state index contributed by atoms with van der Waals surface area (Å²) in [6.45, 7) is 2.58. The smallest absolute Gasteiger partial charge is 0.448 e. The van der Waals surface area contributed by atoms with Crippen LogP contribution in [0, 0.1) is 0 Å². The summed E-state index contributed by atoms with van der Waals surface area (Å²) in [7, 11) is 0. The minimum absolute atomic E-state index is 0.126. The van der Waals surface area contributed by atoms with Crippen molar-refractivity contribution in [2.24, 2.45) is 0 Å². The van der Waals surface area contributed by atoms with E-state index in [0.717, 1.165) is 12.5 Å². The average Bonchev–Trinajstić information content (AvgIpc) is 2.42. The molecular weight excluding hydrogens is 323 g/mol. The number of rotatable bonds is 4. The molecule has 0 aromatic heterocycles. The number of halogens is 4.